The van der Waals surface area contributed by atoms with Gasteiger partial charge in [0.25, 0.3) is 0 Å². The van der Waals surface area contributed by atoms with Crippen LogP contribution in [0.1, 0.15) is 48.4 Å². The Kier molecular flexibility index (Phi) is 4.68. The van der Waals surface area contributed by atoms with Gasteiger partial charge >= 0.3 is 0 Å². The van der Waals surface area contributed by atoms with Crippen molar-refractivity contribution < 1.29 is 9.53 Å². The number of methoxy groups -OCH3 is 1. The van der Waals surface area contributed by atoms with Crippen LogP contribution in [0.3, 0.4) is 0 Å². The number of pyridine rings is 1. The van der Waals surface area contributed by atoms with Crippen molar-refractivity contribution in [1.82, 2.24) is 10.3 Å². The zero-order valence-electron chi connectivity index (χ0n) is 14.7. The summed E-state index contributed by atoms with van der Waals surface area (Å²) in [5, 5.41) is 3.69. The van der Waals surface area contributed by atoms with Gasteiger partial charge in [0.15, 0.2) is 0 Å². The number of hydrogen-bond acceptors (Lipinski definition) is 3. The van der Waals surface area contributed by atoms with Crippen LogP contribution in [0.4, 0.5) is 0 Å². The van der Waals surface area contributed by atoms with Crippen molar-refractivity contribution in [2.24, 2.45) is 0 Å². The maximum absolute atomic E-state index is 11.6. The SMILES string of the molecule is COc1nc(/C(=C/[C@H]2CCC(=O)N2)c2ccc(Cl)cc2)ccc1C1CC1. The Morgan fingerprint density at radius 3 is 2.58 bits per heavy atom. The van der Waals surface area contributed by atoms with E-state index in [0.29, 0.717) is 23.2 Å². The third-order valence-electron chi connectivity index (χ3n) is 4.93. The van der Waals surface area contributed by atoms with E-state index < -0.39 is 0 Å². The van der Waals surface area contributed by atoms with Gasteiger partial charge in [-0.1, -0.05) is 35.9 Å². The van der Waals surface area contributed by atoms with Crippen molar-refractivity contribution in [2.45, 2.75) is 37.6 Å². The molecule has 0 unspecified atom stereocenters. The van der Waals surface area contributed by atoms with Gasteiger partial charge in [-0.2, -0.15) is 0 Å². The van der Waals surface area contributed by atoms with Gasteiger partial charge in [-0.3, -0.25) is 4.79 Å². The minimum Gasteiger partial charge on any atom is -0.481 e. The van der Waals surface area contributed by atoms with E-state index in [0.717, 1.165) is 23.3 Å². The lowest BCUT2D eigenvalue weighted by Crippen LogP contribution is -2.23. The smallest absolute Gasteiger partial charge is 0.220 e. The summed E-state index contributed by atoms with van der Waals surface area (Å²) in [4.78, 5) is 16.4. The van der Waals surface area contributed by atoms with Gasteiger partial charge in [0.05, 0.1) is 12.8 Å². The highest BCUT2D eigenvalue weighted by molar-refractivity contribution is 6.30. The molecule has 0 spiro atoms. The standard InChI is InChI=1S/C21H21ClN2O2/c1-26-21-17(13-2-3-13)9-10-19(24-21)18(12-16-8-11-20(25)23-16)14-4-6-15(22)7-5-14/h4-7,9-10,12-13,16H,2-3,8,11H2,1H3,(H,23,25)/b18-12+/t16-/m1/s1. The molecule has 1 aliphatic heterocycles. The fourth-order valence-electron chi connectivity index (χ4n) is 3.39. The number of rotatable bonds is 5. The minimum absolute atomic E-state index is 0.0177. The first-order valence-electron chi connectivity index (χ1n) is 8.96. The van der Waals surface area contributed by atoms with Gasteiger partial charge in [-0.05, 0) is 48.9 Å². The van der Waals surface area contributed by atoms with Crippen LogP contribution in [0, 0.1) is 0 Å². The summed E-state index contributed by atoms with van der Waals surface area (Å²) in [6.45, 7) is 0. The number of aromatic nitrogens is 1. The number of amides is 1. The molecule has 2 aromatic rings. The first kappa shape index (κ1) is 17.1. The summed E-state index contributed by atoms with van der Waals surface area (Å²) in [6, 6.07) is 11.9. The summed E-state index contributed by atoms with van der Waals surface area (Å²) in [5.41, 5.74) is 4.02. The van der Waals surface area contributed by atoms with Crippen molar-refractivity contribution in [3.8, 4) is 5.88 Å². The lowest BCUT2D eigenvalue weighted by molar-refractivity contribution is -0.119. The molecule has 1 aromatic heterocycles. The molecule has 1 N–H and O–H groups in total. The Morgan fingerprint density at radius 2 is 1.96 bits per heavy atom. The van der Waals surface area contributed by atoms with E-state index in [4.69, 9.17) is 21.3 Å². The van der Waals surface area contributed by atoms with Crippen molar-refractivity contribution >= 4 is 23.1 Å². The predicted molar refractivity (Wildman–Crippen MR) is 102 cm³/mol. The van der Waals surface area contributed by atoms with E-state index in [1.807, 2.05) is 30.3 Å². The fourth-order valence-corrected chi connectivity index (χ4v) is 3.52. The molecule has 5 heteroatoms. The van der Waals surface area contributed by atoms with E-state index in [1.165, 1.54) is 18.4 Å². The number of carbonyl (C=O) groups excluding carboxylic acids is 1. The Bertz CT molecular complexity index is 857. The second-order valence-electron chi connectivity index (χ2n) is 6.87. The van der Waals surface area contributed by atoms with Gasteiger partial charge in [0.2, 0.25) is 11.8 Å². The molecule has 26 heavy (non-hydrogen) atoms. The summed E-state index contributed by atoms with van der Waals surface area (Å²) in [5.74, 6) is 1.36. The molecule has 4 nitrogen and oxygen atoms in total. The molecular weight excluding hydrogens is 348 g/mol. The Morgan fingerprint density at radius 1 is 1.19 bits per heavy atom. The van der Waals surface area contributed by atoms with Gasteiger partial charge in [-0.15, -0.1) is 0 Å². The number of nitrogens with one attached hydrogen (secondary N) is 1. The first-order valence-corrected chi connectivity index (χ1v) is 9.34. The number of ether oxygens (including phenoxy) is 1. The molecule has 1 saturated carbocycles. The average molecular weight is 369 g/mol. The topological polar surface area (TPSA) is 51.2 Å². The number of nitrogens with zero attached hydrogens (tertiary/aromatic N) is 1. The molecule has 2 fully saturated rings. The number of hydrogen-bond donors (Lipinski definition) is 1. The lowest BCUT2D eigenvalue weighted by Gasteiger charge is -2.14. The molecule has 0 bridgehead atoms. The molecule has 1 aliphatic carbocycles. The highest BCUT2D eigenvalue weighted by Crippen LogP contribution is 2.44. The van der Waals surface area contributed by atoms with Crippen molar-refractivity contribution in [3.05, 3.63) is 64.3 Å². The van der Waals surface area contributed by atoms with Gasteiger partial charge in [-0.25, -0.2) is 4.98 Å². The molecule has 2 aliphatic rings. The number of benzene rings is 1. The quantitative estimate of drug-likeness (QED) is 0.854. The molecule has 134 valence electrons. The third kappa shape index (κ3) is 3.61. The monoisotopic (exact) mass is 368 g/mol. The Labute approximate surface area is 158 Å². The molecule has 1 atom stereocenters. The Hall–Kier alpha value is -2.33. The van der Waals surface area contributed by atoms with Gasteiger partial charge < -0.3 is 10.1 Å². The second-order valence-corrected chi connectivity index (χ2v) is 7.31. The Balaban J connectivity index is 1.75. The maximum Gasteiger partial charge on any atom is 0.220 e. The zero-order chi connectivity index (χ0) is 18.1. The van der Waals surface area contributed by atoms with E-state index in [1.54, 1.807) is 7.11 Å². The molecule has 1 amide bonds. The van der Waals surface area contributed by atoms with E-state index in [2.05, 4.69) is 17.5 Å². The third-order valence-corrected chi connectivity index (χ3v) is 5.18. The summed E-state index contributed by atoms with van der Waals surface area (Å²) in [7, 11) is 1.67. The highest BCUT2D eigenvalue weighted by atomic mass is 35.5. The van der Waals surface area contributed by atoms with E-state index >= 15 is 0 Å². The number of carbonyl (C=O) groups is 1. The highest BCUT2D eigenvalue weighted by Gasteiger charge is 2.28. The van der Waals surface area contributed by atoms with Crippen LogP contribution >= 0.6 is 11.6 Å². The van der Waals surface area contributed by atoms with Crippen LogP contribution < -0.4 is 10.1 Å². The van der Waals surface area contributed by atoms with E-state index in [-0.39, 0.29) is 11.9 Å². The minimum atomic E-state index is 0.0177. The number of halogens is 1. The largest absolute Gasteiger partial charge is 0.481 e. The molecule has 0 radical (unpaired) electrons. The molecular formula is C21H21ClN2O2. The zero-order valence-corrected chi connectivity index (χ0v) is 15.4. The van der Waals surface area contributed by atoms with Gasteiger partial charge in [0.1, 0.15) is 0 Å². The molecule has 4 rings (SSSR count). The van der Waals surface area contributed by atoms with Crippen molar-refractivity contribution in [2.75, 3.05) is 7.11 Å². The normalized spacial score (nSPS) is 20.2. The lowest BCUT2D eigenvalue weighted by atomic mass is 9.98. The van der Waals surface area contributed by atoms with Crippen LogP contribution in [0.25, 0.3) is 5.57 Å². The van der Waals surface area contributed by atoms with Crippen LogP contribution in [0.5, 0.6) is 5.88 Å². The summed E-state index contributed by atoms with van der Waals surface area (Å²) >= 11 is 6.05. The maximum atomic E-state index is 11.6. The average Bonchev–Trinajstić information content (AvgIpc) is 3.42. The van der Waals surface area contributed by atoms with Crippen LogP contribution in [0.2, 0.25) is 5.02 Å². The summed E-state index contributed by atoms with van der Waals surface area (Å²) < 4.78 is 5.55. The first-order chi connectivity index (χ1) is 12.6. The van der Waals surface area contributed by atoms with Crippen molar-refractivity contribution in [3.63, 3.8) is 0 Å². The fraction of sp³-hybridized carbons (Fsp3) is 0.333. The van der Waals surface area contributed by atoms with Gasteiger partial charge in [0, 0.05) is 28.6 Å². The van der Waals surface area contributed by atoms with E-state index in [9.17, 15) is 4.79 Å². The predicted octanol–water partition coefficient (Wildman–Crippen LogP) is 4.33. The van der Waals surface area contributed by atoms with Crippen LogP contribution in [-0.4, -0.2) is 24.0 Å². The van der Waals surface area contributed by atoms with Crippen LogP contribution in [-0.2, 0) is 4.79 Å². The molecule has 1 aromatic carbocycles. The summed E-state index contributed by atoms with van der Waals surface area (Å²) in [6.07, 6.45) is 5.85. The second kappa shape index (κ2) is 7.12. The molecule has 2 heterocycles. The van der Waals surface area contributed by atoms with Crippen LogP contribution in [0.15, 0.2) is 42.5 Å². The molecule has 1 saturated heterocycles. The van der Waals surface area contributed by atoms with Crippen molar-refractivity contribution in [1.29, 1.82) is 0 Å².